The minimum Gasteiger partial charge on any atom is -0.508 e. The second kappa shape index (κ2) is 5.76. The van der Waals surface area contributed by atoms with E-state index in [1.54, 1.807) is 24.3 Å². The fourth-order valence-corrected chi connectivity index (χ4v) is 2.78. The van der Waals surface area contributed by atoms with Crippen LogP contribution in [0.3, 0.4) is 0 Å². The molecule has 118 valence electrons. The molecule has 0 saturated carbocycles. The monoisotopic (exact) mass is 310 g/mol. The van der Waals surface area contributed by atoms with Crippen molar-refractivity contribution < 1.29 is 14.7 Å². The van der Waals surface area contributed by atoms with Gasteiger partial charge < -0.3 is 5.11 Å². The maximum Gasteiger partial charge on any atom is 0.259 e. The van der Waals surface area contributed by atoms with Crippen molar-refractivity contribution in [3.63, 3.8) is 0 Å². The Bertz CT molecular complexity index is 726. The van der Waals surface area contributed by atoms with Crippen LogP contribution in [0.25, 0.3) is 0 Å². The van der Waals surface area contributed by atoms with Crippen LogP contribution < -0.4 is 10.0 Å². The quantitative estimate of drug-likeness (QED) is 0.887. The summed E-state index contributed by atoms with van der Waals surface area (Å²) in [7, 11) is 0. The molecule has 1 fully saturated rings. The van der Waals surface area contributed by atoms with E-state index < -0.39 is 5.92 Å². The van der Waals surface area contributed by atoms with Crippen molar-refractivity contribution in [1.29, 1.82) is 0 Å². The first kappa shape index (κ1) is 15.1. The summed E-state index contributed by atoms with van der Waals surface area (Å²) in [5.41, 5.74) is 1.19. The average Bonchev–Trinajstić information content (AvgIpc) is 2.80. The molecule has 1 atom stereocenters. The normalized spacial score (nSPS) is 18.1. The highest BCUT2D eigenvalue weighted by Crippen LogP contribution is 2.35. The van der Waals surface area contributed by atoms with Gasteiger partial charge in [-0.1, -0.05) is 32.0 Å². The van der Waals surface area contributed by atoms with Crippen LogP contribution in [0.1, 0.15) is 13.8 Å². The molecule has 0 bridgehead atoms. The van der Waals surface area contributed by atoms with Crippen LogP contribution in [-0.4, -0.2) is 16.9 Å². The summed E-state index contributed by atoms with van der Waals surface area (Å²) in [5.74, 6) is -1.17. The number of benzene rings is 2. The molecule has 5 nitrogen and oxygen atoms in total. The Morgan fingerprint density at radius 1 is 0.826 bits per heavy atom. The number of hydrogen-bond donors (Lipinski definition) is 1. The zero-order valence-corrected chi connectivity index (χ0v) is 13.0. The van der Waals surface area contributed by atoms with E-state index in [-0.39, 0.29) is 23.5 Å². The lowest BCUT2D eigenvalue weighted by atomic mass is 9.95. The molecule has 1 aliphatic rings. The van der Waals surface area contributed by atoms with Crippen LogP contribution in [0.4, 0.5) is 11.4 Å². The van der Waals surface area contributed by atoms with Gasteiger partial charge in [-0.2, -0.15) is 0 Å². The fraction of sp³-hybridized carbons (Fsp3) is 0.222. The van der Waals surface area contributed by atoms with Crippen LogP contribution >= 0.6 is 0 Å². The number of para-hydroxylation sites is 1. The van der Waals surface area contributed by atoms with E-state index in [0.717, 1.165) is 0 Å². The molecule has 1 heterocycles. The van der Waals surface area contributed by atoms with Gasteiger partial charge in [0.05, 0.1) is 11.4 Å². The van der Waals surface area contributed by atoms with Crippen molar-refractivity contribution in [1.82, 2.24) is 0 Å². The van der Waals surface area contributed by atoms with Crippen molar-refractivity contribution in [3.05, 3.63) is 54.6 Å². The predicted octanol–water partition coefficient (Wildman–Crippen LogP) is 2.96. The highest BCUT2D eigenvalue weighted by atomic mass is 16.3. The van der Waals surface area contributed by atoms with Crippen molar-refractivity contribution in [2.24, 2.45) is 11.8 Å². The second-order valence-corrected chi connectivity index (χ2v) is 5.87. The van der Waals surface area contributed by atoms with Crippen LogP contribution in [0, 0.1) is 11.8 Å². The molecule has 1 saturated heterocycles. The molecule has 0 spiro atoms. The molecule has 1 N–H and O–H groups in total. The van der Waals surface area contributed by atoms with E-state index in [1.807, 2.05) is 32.0 Å². The van der Waals surface area contributed by atoms with Crippen molar-refractivity contribution in [3.8, 4) is 5.75 Å². The first-order chi connectivity index (χ1) is 11.0. The number of nitrogens with zero attached hydrogens (tertiary/aromatic N) is 2. The summed E-state index contributed by atoms with van der Waals surface area (Å²) in [6.45, 7) is 3.73. The molecule has 5 heteroatoms. The Balaban J connectivity index is 2.11. The molecule has 1 unspecified atom stereocenters. The number of phenolic OH excluding ortho intramolecular Hbond substituents is 1. The zero-order valence-electron chi connectivity index (χ0n) is 13.0. The van der Waals surface area contributed by atoms with Crippen LogP contribution in [0.15, 0.2) is 54.6 Å². The molecule has 0 aliphatic carbocycles. The summed E-state index contributed by atoms with van der Waals surface area (Å²) in [4.78, 5) is 25.6. The first-order valence-corrected chi connectivity index (χ1v) is 7.52. The summed E-state index contributed by atoms with van der Waals surface area (Å²) >= 11 is 0. The highest BCUT2D eigenvalue weighted by molar-refractivity contribution is 6.23. The Hall–Kier alpha value is -2.82. The van der Waals surface area contributed by atoms with Gasteiger partial charge in [-0.3, -0.25) is 9.59 Å². The standard InChI is InChI=1S/C18H18N2O3/c1-12(2)16-17(22)19(13-6-4-3-5-7-13)20(18(16)23)14-8-10-15(21)11-9-14/h3-12,16,21H,1-2H3. The van der Waals surface area contributed by atoms with E-state index in [2.05, 4.69) is 0 Å². The van der Waals surface area contributed by atoms with Gasteiger partial charge in [0.25, 0.3) is 11.8 Å². The number of hydrazine groups is 1. The molecule has 2 amide bonds. The number of hydrogen-bond acceptors (Lipinski definition) is 3. The Kier molecular flexibility index (Phi) is 3.78. The van der Waals surface area contributed by atoms with E-state index in [1.165, 1.54) is 22.2 Å². The van der Waals surface area contributed by atoms with Crippen molar-refractivity contribution in [2.75, 3.05) is 10.0 Å². The lowest BCUT2D eigenvalue weighted by Crippen LogP contribution is -2.41. The topological polar surface area (TPSA) is 60.9 Å². The SMILES string of the molecule is CC(C)C1C(=O)N(c2ccccc2)N(c2ccc(O)cc2)C1=O. The Labute approximate surface area is 134 Å². The molecular formula is C18H18N2O3. The van der Waals surface area contributed by atoms with Crippen LogP contribution in [-0.2, 0) is 9.59 Å². The molecule has 1 aliphatic heterocycles. The smallest absolute Gasteiger partial charge is 0.259 e. The van der Waals surface area contributed by atoms with Gasteiger partial charge in [0.1, 0.15) is 11.7 Å². The van der Waals surface area contributed by atoms with E-state index >= 15 is 0 Å². The van der Waals surface area contributed by atoms with Gasteiger partial charge in [-0.25, -0.2) is 10.0 Å². The Morgan fingerprint density at radius 3 is 1.78 bits per heavy atom. The minimum atomic E-state index is -0.705. The Morgan fingerprint density at radius 2 is 1.30 bits per heavy atom. The summed E-state index contributed by atoms with van der Waals surface area (Å²) in [5, 5.41) is 12.3. The number of carbonyl (C=O) groups excluding carboxylic acids is 2. The van der Waals surface area contributed by atoms with Crippen molar-refractivity contribution in [2.45, 2.75) is 13.8 Å². The predicted molar refractivity (Wildman–Crippen MR) is 87.8 cm³/mol. The van der Waals surface area contributed by atoms with E-state index in [9.17, 15) is 14.7 Å². The molecule has 0 radical (unpaired) electrons. The fourth-order valence-electron chi connectivity index (χ4n) is 2.78. The number of rotatable bonds is 3. The molecule has 2 aromatic carbocycles. The summed E-state index contributed by atoms with van der Waals surface area (Å²) in [6, 6.07) is 15.3. The third-order valence-electron chi connectivity index (χ3n) is 3.91. The lowest BCUT2D eigenvalue weighted by Gasteiger charge is -2.27. The zero-order chi connectivity index (χ0) is 16.6. The third kappa shape index (κ3) is 2.54. The van der Waals surface area contributed by atoms with E-state index in [0.29, 0.717) is 11.4 Å². The van der Waals surface area contributed by atoms with Gasteiger partial charge in [-0.05, 0) is 42.3 Å². The van der Waals surface area contributed by atoms with Crippen LogP contribution in [0.2, 0.25) is 0 Å². The number of phenols is 1. The van der Waals surface area contributed by atoms with E-state index in [4.69, 9.17) is 0 Å². The van der Waals surface area contributed by atoms with Gasteiger partial charge in [0.2, 0.25) is 0 Å². The third-order valence-corrected chi connectivity index (χ3v) is 3.91. The summed E-state index contributed by atoms with van der Waals surface area (Å²) in [6.07, 6.45) is 0. The first-order valence-electron chi connectivity index (χ1n) is 7.52. The molecular weight excluding hydrogens is 292 g/mol. The molecule has 3 rings (SSSR count). The summed E-state index contributed by atoms with van der Waals surface area (Å²) < 4.78 is 0. The number of carbonyl (C=O) groups is 2. The molecule has 2 aromatic rings. The maximum atomic E-state index is 12.8. The van der Waals surface area contributed by atoms with Crippen LogP contribution in [0.5, 0.6) is 5.75 Å². The number of anilines is 2. The van der Waals surface area contributed by atoms with Crippen molar-refractivity contribution >= 4 is 23.2 Å². The lowest BCUT2D eigenvalue weighted by molar-refractivity contribution is -0.128. The number of aromatic hydroxyl groups is 1. The largest absolute Gasteiger partial charge is 0.508 e. The van der Waals surface area contributed by atoms with Gasteiger partial charge in [0, 0.05) is 0 Å². The second-order valence-electron chi connectivity index (χ2n) is 5.87. The maximum absolute atomic E-state index is 12.8. The number of amides is 2. The van der Waals surface area contributed by atoms with Gasteiger partial charge in [0.15, 0.2) is 0 Å². The molecule has 0 aromatic heterocycles. The average molecular weight is 310 g/mol. The minimum absolute atomic E-state index is 0.0941. The van der Waals surface area contributed by atoms with Gasteiger partial charge in [-0.15, -0.1) is 0 Å². The molecule has 23 heavy (non-hydrogen) atoms. The van der Waals surface area contributed by atoms with Gasteiger partial charge >= 0.3 is 0 Å². The highest BCUT2D eigenvalue weighted by Gasteiger charge is 2.48.